The van der Waals surface area contributed by atoms with Crippen LogP contribution in [-0.4, -0.2) is 19.4 Å². The molecule has 1 aromatic carbocycles. The summed E-state index contributed by atoms with van der Waals surface area (Å²) < 4.78 is 27.2. The minimum atomic E-state index is -3.76. The number of sulfonamides is 1. The van der Waals surface area contributed by atoms with E-state index in [-0.39, 0.29) is 15.7 Å². The lowest BCUT2D eigenvalue weighted by molar-refractivity contribution is 0.601. The Bertz CT molecular complexity index is 820. The van der Waals surface area contributed by atoms with Crippen LogP contribution in [0, 0.1) is 0 Å². The zero-order chi connectivity index (χ0) is 17.2. The van der Waals surface area contributed by atoms with E-state index in [9.17, 15) is 8.42 Å². The van der Waals surface area contributed by atoms with E-state index in [1.54, 1.807) is 12.3 Å². The van der Waals surface area contributed by atoms with Gasteiger partial charge in [0.25, 0.3) is 10.0 Å². The van der Waals surface area contributed by atoms with Crippen molar-refractivity contribution in [2.45, 2.75) is 36.6 Å². The van der Waals surface area contributed by atoms with Crippen molar-refractivity contribution in [1.29, 1.82) is 0 Å². The molecule has 5 nitrogen and oxygen atoms in total. The van der Waals surface area contributed by atoms with Gasteiger partial charge in [0.05, 0.1) is 26.8 Å². The van der Waals surface area contributed by atoms with Gasteiger partial charge in [-0.2, -0.15) is 0 Å². The number of hydrogen-bond acceptors (Lipinski definition) is 4. The molecule has 3 rings (SSSR count). The van der Waals surface area contributed by atoms with Crippen molar-refractivity contribution in [3.8, 4) is 0 Å². The predicted molar refractivity (Wildman–Crippen MR) is 97.4 cm³/mol. The summed E-state index contributed by atoms with van der Waals surface area (Å²) in [4.78, 5) is 4.19. The highest BCUT2D eigenvalue weighted by Crippen LogP contribution is 2.26. The largest absolute Gasteiger partial charge is 0.381 e. The van der Waals surface area contributed by atoms with Gasteiger partial charge in [0, 0.05) is 6.04 Å². The third-order valence-electron chi connectivity index (χ3n) is 3.93. The number of nitrogens with one attached hydrogen (secondary N) is 2. The number of benzene rings is 1. The van der Waals surface area contributed by atoms with Crippen molar-refractivity contribution in [3.05, 3.63) is 46.6 Å². The molecule has 0 atom stereocenters. The smallest absolute Gasteiger partial charge is 0.263 e. The quantitative estimate of drug-likeness (QED) is 0.791. The Balaban J connectivity index is 1.71. The first-order valence-electron chi connectivity index (χ1n) is 7.64. The molecule has 1 aliphatic carbocycles. The van der Waals surface area contributed by atoms with Crippen LogP contribution in [0.1, 0.15) is 25.7 Å². The Hall–Kier alpha value is -1.50. The fourth-order valence-electron chi connectivity index (χ4n) is 2.69. The number of hydrogen-bond donors (Lipinski definition) is 2. The van der Waals surface area contributed by atoms with Crippen molar-refractivity contribution < 1.29 is 8.42 Å². The first kappa shape index (κ1) is 17.3. The lowest BCUT2D eigenvalue weighted by Gasteiger charge is -2.13. The average molecular weight is 386 g/mol. The molecule has 24 heavy (non-hydrogen) atoms. The summed E-state index contributed by atoms with van der Waals surface area (Å²) >= 11 is 11.7. The molecule has 0 radical (unpaired) electrons. The number of anilines is 2. The van der Waals surface area contributed by atoms with Gasteiger partial charge in [-0.3, -0.25) is 4.72 Å². The maximum absolute atomic E-state index is 12.4. The van der Waals surface area contributed by atoms with E-state index in [0.29, 0.717) is 11.1 Å². The van der Waals surface area contributed by atoms with E-state index in [4.69, 9.17) is 23.2 Å². The maximum Gasteiger partial charge on any atom is 0.263 e. The third-order valence-corrected chi connectivity index (χ3v) is 6.02. The molecule has 128 valence electrons. The Labute approximate surface area is 151 Å². The summed E-state index contributed by atoms with van der Waals surface area (Å²) in [6.07, 6.45) is 6.43. The fourth-order valence-corrected chi connectivity index (χ4v) is 4.08. The van der Waals surface area contributed by atoms with Crippen molar-refractivity contribution in [2.24, 2.45) is 0 Å². The van der Waals surface area contributed by atoms with Gasteiger partial charge in [-0.25, -0.2) is 13.4 Å². The minimum absolute atomic E-state index is 0.0341. The molecule has 1 heterocycles. The van der Waals surface area contributed by atoms with E-state index in [1.807, 2.05) is 6.07 Å². The van der Waals surface area contributed by atoms with E-state index in [1.165, 1.54) is 31.0 Å². The van der Waals surface area contributed by atoms with Crippen LogP contribution < -0.4 is 10.0 Å². The molecule has 8 heteroatoms. The van der Waals surface area contributed by atoms with Crippen LogP contribution in [0.5, 0.6) is 0 Å². The summed E-state index contributed by atoms with van der Waals surface area (Å²) in [7, 11) is -3.76. The van der Waals surface area contributed by atoms with Gasteiger partial charge in [-0.15, -0.1) is 0 Å². The van der Waals surface area contributed by atoms with Crippen LogP contribution in [0.2, 0.25) is 10.0 Å². The van der Waals surface area contributed by atoms with Gasteiger partial charge in [0.15, 0.2) is 0 Å². The first-order chi connectivity index (χ1) is 11.4. The fraction of sp³-hybridized carbons (Fsp3) is 0.312. The standard InChI is InChI=1S/C16H17Cl2N3O2S/c17-14-7-6-13(9-15(14)18)24(22,23)21-16-8-5-12(10-19-16)20-11-3-1-2-4-11/h5-11,20H,1-4H2,(H,19,21). The SMILES string of the molecule is O=S(=O)(Nc1ccc(NC2CCCC2)cn1)c1ccc(Cl)c(Cl)c1. The topological polar surface area (TPSA) is 71.1 Å². The van der Waals surface area contributed by atoms with E-state index in [0.717, 1.165) is 18.5 Å². The Morgan fingerprint density at radius 1 is 1.04 bits per heavy atom. The molecular formula is C16H17Cl2N3O2S. The lowest BCUT2D eigenvalue weighted by Crippen LogP contribution is -2.16. The first-order valence-corrected chi connectivity index (χ1v) is 9.88. The molecule has 1 fully saturated rings. The molecule has 0 unspecified atom stereocenters. The third kappa shape index (κ3) is 4.12. The molecule has 0 spiro atoms. The number of rotatable bonds is 5. The summed E-state index contributed by atoms with van der Waals surface area (Å²) in [6.45, 7) is 0. The second kappa shape index (κ2) is 7.17. The highest BCUT2D eigenvalue weighted by Gasteiger charge is 2.17. The molecule has 0 aliphatic heterocycles. The molecule has 1 aromatic heterocycles. The molecular weight excluding hydrogens is 369 g/mol. The number of aromatic nitrogens is 1. The van der Waals surface area contributed by atoms with E-state index < -0.39 is 10.0 Å². The summed E-state index contributed by atoms with van der Waals surface area (Å²) in [5, 5.41) is 3.89. The van der Waals surface area contributed by atoms with Crippen LogP contribution in [0.4, 0.5) is 11.5 Å². The molecule has 0 amide bonds. The minimum Gasteiger partial charge on any atom is -0.381 e. The highest BCUT2D eigenvalue weighted by atomic mass is 35.5. The monoisotopic (exact) mass is 385 g/mol. The van der Waals surface area contributed by atoms with Gasteiger partial charge in [0.2, 0.25) is 0 Å². The van der Waals surface area contributed by atoms with Crippen molar-refractivity contribution in [3.63, 3.8) is 0 Å². The number of pyridine rings is 1. The molecule has 2 N–H and O–H groups in total. The number of halogens is 2. The Kier molecular flexibility index (Phi) is 5.18. The van der Waals surface area contributed by atoms with Gasteiger partial charge in [0.1, 0.15) is 5.82 Å². The van der Waals surface area contributed by atoms with Gasteiger partial charge < -0.3 is 5.32 Å². The summed E-state index contributed by atoms with van der Waals surface area (Å²) in [6, 6.07) is 8.07. The van der Waals surface area contributed by atoms with Crippen LogP contribution in [0.3, 0.4) is 0 Å². The van der Waals surface area contributed by atoms with Crippen LogP contribution in [0.25, 0.3) is 0 Å². The normalized spacial score (nSPS) is 15.4. The number of nitrogens with zero attached hydrogens (tertiary/aromatic N) is 1. The molecule has 1 aliphatic rings. The molecule has 2 aromatic rings. The van der Waals surface area contributed by atoms with E-state index in [2.05, 4.69) is 15.0 Å². The second-order valence-corrected chi connectivity index (χ2v) is 8.24. The molecule has 0 saturated heterocycles. The Morgan fingerprint density at radius 2 is 1.79 bits per heavy atom. The lowest BCUT2D eigenvalue weighted by atomic mass is 10.2. The van der Waals surface area contributed by atoms with Crippen LogP contribution in [0.15, 0.2) is 41.4 Å². The van der Waals surface area contributed by atoms with Gasteiger partial charge >= 0.3 is 0 Å². The van der Waals surface area contributed by atoms with Crippen molar-refractivity contribution in [1.82, 2.24) is 4.98 Å². The summed E-state index contributed by atoms with van der Waals surface area (Å²) in [5.41, 5.74) is 0.888. The van der Waals surface area contributed by atoms with Crippen LogP contribution in [-0.2, 0) is 10.0 Å². The van der Waals surface area contributed by atoms with Gasteiger partial charge in [-0.05, 0) is 43.2 Å². The van der Waals surface area contributed by atoms with Crippen molar-refractivity contribution in [2.75, 3.05) is 10.0 Å². The second-order valence-electron chi connectivity index (χ2n) is 5.74. The Morgan fingerprint density at radius 3 is 2.42 bits per heavy atom. The maximum atomic E-state index is 12.4. The van der Waals surface area contributed by atoms with Gasteiger partial charge in [-0.1, -0.05) is 36.0 Å². The summed E-state index contributed by atoms with van der Waals surface area (Å²) in [5.74, 6) is 0.248. The van der Waals surface area contributed by atoms with E-state index >= 15 is 0 Å². The zero-order valence-corrected chi connectivity index (χ0v) is 15.1. The molecule has 1 saturated carbocycles. The predicted octanol–water partition coefficient (Wildman–Crippen LogP) is 4.54. The van der Waals surface area contributed by atoms with Crippen LogP contribution >= 0.6 is 23.2 Å². The molecule has 0 bridgehead atoms. The zero-order valence-electron chi connectivity index (χ0n) is 12.8. The van der Waals surface area contributed by atoms with Crippen molar-refractivity contribution >= 4 is 44.7 Å². The average Bonchev–Trinajstić information content (AvgIpc) is 3.04. The highest BCUT2D eigenvalue weighted by molar-refractivity contribution is 7.92.